The van der Waals surface area contributed by atoms with Crippen LogP contribution in [-0.2, 0) is 27.2 Å². The van der Waals surface area contributed by atoms with Crippen molar-refractivity contribution in [2.45, 2.75) is 55.3 Å². The molecule has 0 aromatic heterocycles. The van der Waals surface area contributed by atoms with E-state index in [-0.39, 0.29) is 11.3 Å². The third-order valence-electron chi connectivity index (χ3n) is 4.66. The van der Waals surface area contributed by atoms with Gasteiger partial charge in [-0.25, -0.2) is 8.42 Å². The van der Waals surface area contributed by atoms with Crippen LogP contribution >= 0.6 is 0 Å². The van der Waals surface area contributed by atoms with E-state index in [9.17, 15) is 12.6 Å². The first-order valence-corrected chi connectivity index (χ1v) is 12.2. The van der Waals surface area contributed by atoms with Gasteiger partial charge >= 0.3 is 0 Å². The number of hydrogen-bond acceptors (Lipinski definition) is 4. The first-order chi connectivity index (χ1) is 12.3. The molecule has 0 saturated heterocycles. The third kappa shape index (κ3) is 6.09. The van der Waals surface area contributed by atoms with E-state index in [2.05, 4.69) is 15.6 Å². The van der Waals surface area contributed by atoms with E-state index < -0.39 is 20.6 Å². The van der Waals surface area contributed by atoms with Gasteiger partial charge < -0.3 is 10.6 Å². The average molecular weight is 400 g/mol. The Kier molecular flexibility index (Phi) is 7.64. The van der Waals surface area contributed by atoms with Crippen molar-refractivity contribution in [2.75, 3.05) is 19.1 Å². The summed E-state index contributed by atoms with van der Waals surface area (Å²) in [5.41, 5.74) is 0.981. The molecule has 0 aliphatic heterocycles. The van der Waals surface area contributed by atoms with Gasteiger partial charge in [-0.3, -0.25) is 9.20 Å². The zero-order valence-electron chi connectivity index (χ0n) is 15.7. The number of aliphatic imine (C=N–C) groups is 1. The maximum atomic E-state index is 12.1. The topological polar surface area (TPSA) is 87.6 Å². The molecule has 1 aliphatic rings. The fourth-order valence-corrected chi connectivity index (χ4v) is 5.16. The molecule has 1 aromatic rings. The molecular formula is C18H29N3O3S2. The molecule has 3 atom stereocenters. The summed E-state index contributed by atoms with van der Waals surface area (Å²) >= 11 is 0. The van der Waals surface area contributed by atoms with Crippen molar-refractivity contribution in [2.24, 2.45) is 4.99 Å². The molecule has 2 N–H and O–H groups in total. The standard InChI is InChI=1S/C18H29N3O3S2/c1-4-25(22)16-7-5-6-15(12-16)21-18(19-2)20-13-14-8-10-17(11-9-14)26(3,23)24/h8-11,15-16H,4-7,12-13H2,1-3H3,(H2,19,20,21). The van der Waals surface area contributed by atoms with Gasteiger partial charge in [0.2, 0.25) is 0 Å². The zero-order chi connectivity index (χ0) is 19.2. The van der Waals surface area contributed by atoms with Crippen molar-refractivity contribution < 1.29 is 12.6 Å². The maximum absolute atomic E-state index is 12.1. The maximum Gasteiger partial charge on any atom is 0.191 e. The van der Waals surface area contributed by atoms with E-state index in [4.69, 9.17) is 0 Å². The molecule has 3 unspecified atom stereocenters. The Morgan fingerprint density at radius 1 is 1.27 bits per heavy atom. The SMILES string of the molecule is CCS(=O)C1CCCC(NC(=NC)NCc2ccc(S(C)(=O)=O)cc2)C1. The lowest BCUT2D eigenvalue weighted by Crippen LogP contribution is -2.46. The van der Waals surface area contributed by atoms with Gasteiger partial charge in [-0.1, -0.05) is 25.5 Å². The van der Waals surface area contributed by atoms with Gasteiger partial charge in [-0.2, -0.15) is 0 Å². The second-order valence-corrected chi connectivity index (χ2v) is 10.7. The van der Waals surface area contributed by atoms with Gasteiger partial charge in [0, 0.05) is 47.7 Å². The average Bonchev–Trinajstić information content (AvgIpc) is 2.64. The Bertz CT molecular complexity index is 745. The summed E-state index contributed by atoms with van der Waals surface area (Å²) in [6, 6.07) is 7.13. The molecule has 1 saturated carbocycles. The highest BCUT2D eigenvalue weighted by atomic mass is 32.2. The van der Waals surface area contributed by atoms with Crippen molar-refractivity contribution in [3.05, 3.63) is 29.8 Å². The summed E-state index contributed by atoms with van der Waals surface area (Å²) < 4.78 is 35.1. The number of benzene rings is 1. The zero-order valence-corrected chi connectivity index (χ0v) is 17.3. The first-order valence-electron chi connectivity index (χ1n) is 8.96. The minimum absolute atomic E-state index is 0.271. The highest BCUT2D eigenvalue weighted by Crippen LogP contribution is 2.23. The van der Waals surface area contributed by atoms with E-state index in [1.165, 1.54) is 6.26 Å². The van der Waals surface area contributed by atoms with Crippen LogP contribution in [0.2, 0.25) is 0 Å². The number of nitrogens with one attached hydrogen (secondary N) is 2. The molecule has 0 bridgehead atoms. The summed E-state index contributed by atoms with van der Waals surface area (Å²) in [4.78, 5) is 4.59. The predicted octanol–water partition coefficient (Wildman–Crippen LogP) is 1.83. The molecule has 0 radical (unpaired) electrons. The summed E-state index contributed by atoms with van der Waals surface area (Å²) in [7, 11) is -2.19. The van der Waals surface area contributed by atoms with E-state index in [1.54, 1.807) is 31.3 Å². The van der Waals surface area contributed by atoms with E-state index in [0.29, 0.717) is 23.2 Å². The van der Waals surface area contributed by atoms with Crippen LogP contribution in [0.1, 0.15) is 38.2 Å². The molecule has 0 amide bonds. The number of nitrogens with zero attached hydrogens (tertiary/aromatic N) is 1. The van der Waals surface area contributed by atoms with Crippen LogP contribution in [-0.4, -0.2) is 48.9 Å². The van der Waals surface area contributed by atoms with Crippen LogP contribution < -0.4 is 10.6 Å². The summed E-state index contributed by atoms with van der Waals surface area (Å²) in [6.07, 6.45) is 5.29. The Labute approximate surface area is 159 Å². The second kappa shape index (κ2) is 9.50. The molecular weight excluding hydrogens is 370 g/mol. The van der Waals surface area contributed by atoms with Crippen LogP contribution in [0.3, 0.4) is 0 Å². The molecule has 1 aliphatic carbocycles. The number of sulfone groups is 1. The molecule has 1 aromatic carbocycles. The normalized spacial score (nSPS) is 22.7. The highest BCUT2D eigenvalue weighted by molar-refractivity contribution is 7.90. The smallest absolute Gasteiger partial charge is 0.191 e. The largest absolute Gasteiger partial charge is 0.354 e. The molecule has 146 valence electrons. The van der Waals surface area contributed by atoms with Gasteiger partial charge in [0.05, 0.1) is 4.90 Å². The summed E-state index contributed by atoms with van der Waals surface area (Å²) in [6.45, 7) is 2.53. The van der Waals surface area contributed by atoms with Gasteiger partial charge in [0.1, 0.15) is 0 Å². The van der Waals surface area contributed by atoms with Crippen molar-refractivity contribution in [3.63, 3.8) is 0 Å². The fourth-order valence-electron chi connectivity index (χ4n) is 3.18. The van der Waals surface area contributed by atoms with Crippen molar-refractivity contribution >= 4 is 26.6 Å². The Morgan fingerprint density at radius 3 is 2.54 bits per heavy atom. The Hall–Kier alpha value is -1.41. The van der Waals surface area contributed by atoms with Crippen LogP contribution in [0, 0.1) is 0 Å². The highest BCUT2D eigenvalue weighted by Gasteiger charge is 2.26. The molecule has 26 heavy (non-hydrogen) atoms. The number of rotatable bonds is 6. The van der Waals surface area contributed by atoms with E-state index in [0.717, 1.165) is 31.2 Å². The predicted molar refractivity (Wildman–Crippen MR) is 108 cm³/mol. The lowest BCUT2D eigenvalue weighted by molar-refractivity contribution is 0.413. The van der Waals surface area contributed by atoms with Gasteiger partial charge in [0.15, 0.2) is 15.8 Å². The number of guanidine groups is 1. The van der Waals surface area contributed by atoms with Crippen molar-refractivity contribution in [1.82, 2.24) is 10.6 Å². The molecule has 0 heterocycles. The molecule has 2 rings (SSSR count). The van der Waals surface area contributed by atoms with Crippen LogP contribution in [0.25, 0.3) is 0 Å². The Balaban J connectivity index is 1.89. The lowest BCUT2D eigenvalue weighted by atomic mass is 9.95. The lowest BCUT2D eigenvalue weighted by Gasteiger charge is -2.30. The van der Waals surface area contributed by atoms with Crippen LogP contribution in [0.4, 0.5) is 0 Å². The molecule has 6 nitrogen and oxygen atoms in total. The monoisotopic (exact) mass is 399 g/mol. The minimum atomic E-state index is -3.17. The second-order valence-electron chi connectivity index (χ2n) is 6.64. The van der Waals surface area contributed by atoms with E-state index in [1.807, 2.05) is 6.92 Å². The molecule has 0 spiro atoms. The van der Waals surface area contributed by atoms with Gasteiger partial charge in [-0.15, -0.1) is 0 Å². The van der Waals surface area contributed by atoms with Gasteiger partial charge in [-0.05, 0) is 37.0 Å². The number of hydrogen-bond donors (Lipinski definition) is 2. The molecule has 8 heteroatoms. The van der Waals surface area contributed by atoms with Crippen LogP contribution in [0.5, 0.6) is 0 Å². The quantitative estimate of drug-likeness (QED) is 0.563. The summed E-state index contributed by atoms with van der Waals surface area (Å²) in [5.74, 6) is 1.43. The van der Waals surface area contributed by atoms with Crippen molar-refractivity contribution in [3.8, 4) is 0 Å². The minimum Gasteiger partial charge on any atom is -0.354 e. The van der Waals surface area contributed by atoms with Crippen LogP contribution in [0.15, 0.2) is 34.2 Å². The van der Waals surface area contributed by atoms with Crippen molar-refractivity contribution in [1.29, 1.82) is 0 Å². The van der Waals surface area contributed by atoms with Gasteiger partial charge in [0.25, 0.3) is 0 Å². The summed E-state index contributed by atoms with van der Waals surface area (Å²) in [5, 5.41) is 6.96. The third-order valence-corrected chi connectivity index (χ3v) is 7.53. The fraction of sp³-hybridized carbons (Fsp3) is 0.611. The van der Waals surface area contributed by atoms with E-state index >= 15 is 0 Å². The Morgan fingerprint density at radius 2 is 1.96 bits per heavy atom. The molecule has 1 fully saturated rings. The first kappa shape index (κ1) is 20.9.